The quantitative estimate of drug-likeness (QED) is 0.940. The minimum Gasteiger partial charge on any atom is -0.324 e. The van der Waals surface area contributed by atoms with E-state index in [1.165, 1.54) is 5.56 Å². The average Bonchev–Trinajstić information content (AvgIpc) is 3.01. The summed E-state index contributed by atoms with van der Waals surface area (Å²) in [6, 6.07) is 7.99. The number of carbonyl (C=O) groups is 1. The molecule has 0 spiro atoms. The molecular formula is C15H17N3OS. The van der Waals surface area contributed by atoms with Gasteiger partial charge in [0.05, 0.1) is 6.20 Å². The molecule has 1 aromatic heterocycles. The molecule has 2 heterocycles. The summed E-state index contributed by atoms with van der Waals surface area (Å²) in [7, 11) is 0. The zero-order valence-corrected chi connectivity index (χ0v) is 12.2. The second-order valence-electron chi connectivity index (χ2n) is 4.90. The van der Waals surface area contributed by atoms with E-state index in [-0.39, 0.29) is 5.91 Å². The molecule has 1 aliphatic heterocycles. The van der Waals surface area contributed by atoms with Gasteiger partial charge in [-0.15, -0.1) is 0 Å². The van der Waals surface area contributed by atoms with E-state index in [1.807, 2.05) is 22.8 Å². The maximum Gasteiger partial charge on any atom is 0.273 e. The number of imidazole rings is 1. The van der Waals surface area contributed by atoms with Gasteiger partial charge in [-0.2, -0.15) is 11.8 Å². The molecule has 1 amide bonds. The number of amides is 1. The van der Waals surface area contributed by atoms with Gasteiger partial charge in [0, 0.05) is 24.4 Å². The lowest BCUT2D eigenvalue weighted by Gasteiger charge is -2.08. The predicted molar refractivity (Wildman–Crippen MR) is 82.2 cm³/mol. The molecule has 5 heteroatoms. The van der Waals surface area contributed by atoms with Crippen molar-refractivity contribution >= 4 is 23.4 Å². The van der Waals surface area contributed by atoms with Crippen LogP contribution in [-0.4, -0.2) is 21.7 Å². The number of anilines is 1. The van der Waals surface area contributed by atoms with Crippen LogP contribution in [0.25, 0.3) is 0 Å². The Morgan fingerprint density at radius 1 is 1.50 bits per heavy atom. The van der Waals surface area contributed by atoms with Crippen LogP contribution in [0.15, 0.2) is 30.5 Å². The van der Waals surface area contributed by atoms with Crippen molar-refractivity contribution < 1.29 is 4.79 Å². The Labute approximate surface area is 122 Å². The van der Waals surface area contributed by atoms with Crippen LogP contribution in [0.1, 0.15) is 28.3 Å². The van der Waals surface area contributed by atoms with Crippen molar-refractivity contribution in [2.24, 2.45) is 0 Å². The molecule has 0 atom stereocenters. The molecule has 104 valence electrons. The van der Waals surface area contributed by atoms with Gasteiger partial charge in [0.2, 0.25) is 0 Å². The number of nitrogens with one attached hydrogen (secondary N) is 1. The monoisotopic (exact) mass is 287 g/mol. The summed E-state index contributed by atoms with van der Waals surface area (Å²) in [6.45, 7) is 0.893. The van der Waals surface area contributed by atoms with E-state index in [4.69, 9.17) is 0 Å². The summed E-state index contributed by atoms with van der Waals surface area (Å²) < 4.78 is 2.01. The first-order valence-corrected chi connectivity index (χ1v) is 8.11. The maximum absolute atomic E-state index is 12.3. The summed E-state index contributed by atoms with van der Waals surface area (Å²) in [5.41, 5.74) is 2.72. The minimum atomic E-state index is -0.0769. The summed E-state index contributed by atoms with van der Waals surface area (Å²) in [5.74, 6) is 1.89. The van der Waals surface area contributed by atoms with Crippen LogP contribution in [-0.2, 0) is 18.7 Å². The van der Waals surface area contributed by atoms with Crippen molar-refractivity contribution in [1.82, 2.24) is 9.55 Å². The topological polar surface area (TPSA) is 46.9 Å². The van der Waals surface area contributed by atoms with Crippen LogP contribution in [0.3, 0.4) is 0 Å². The zero-order chi connectivity index (χ0) is 13.9. The van der Waals surface area contributed by atoms with E-state index in [1.54, 1.807) is 18.0 Å². The van der Waals surface area contributed by atoms with E-state index in [2.05, 4.69) is 22.6 Å². The van der Waals surface area contributed by atoms with Crippen molar-refractivity contribution in [2.45, 2.75) is 25.1 Å². The van der Waals surface area contributed by atoms with Crippen molar-refractivity contribution in [3.05, 3.63) is 47.5 Å². The molecule has 20 heavy (non-hydrogen) atoms. The van der Waals surface area contributed by atoms with Crippen LogP contribution in [0.4, 0.5) is 5.69 Å². The van der Waals surface area contributed by atoms with Gasteiger partial charge >= 0.3 is 0 Å². The van der Waals surface area contributed by atoms with Gasteiger partial charge in [-0.1, -0.05) is 12.1 Å². The molecule has 3 rings (SSSR count). The van der Waals surface area contributed by atoms with Gasteiger partial charge in [0.15, 0.2) is 0 Å². The summed E-state index contributed by atoms with van der Waals surface area (Å²) in [5, 5.41) is 2.96. The zero-order valence-electron chi connectivity index (χ0n) is 11.4. The third-order valence-corrected chi connectivity index (χ3v) is 4.07. The van der Waals surface area contributed by atoms with Gasteiger partial charge in [0.25, 0.3) is 5.91 Å². The molecule has 0 bridgehead atoms. The first-order valence-electron chi connectivity index (χ1n) is 6.71. The van der Waals surface area contributed by atoms with Crippen LogP contribution in [0, 0.1) is 0 Å². The van der Waals surface area contributed by atoms with Gasteiger partial charge in [-0.25, -0.2) is 4.98 Å². The molecular weight excluding hydrogens is 270 g/mol. The summed E-state index contributed by atoms with van der Waals surface area (Å²) in [6.07, 6.45) is 5.79. The van der Waals surface area contributed by atoms with E-state index in [9.17, 15) is 4.79 Å². The Morgan fingerprint density at radius 3 is 3.25 bits per heavy atom. The number of benzene rings is 1. The molecule has 1 aromatic carbocycles. The van der Waals surface area contributed by atoms with Crippen molar-refractivity contribution in [3.8, 4) is 0 Å². The van der Waals surface area contributed by atoms with Crippen LogP contribution in [0.2, 0.25) is 0 Å². The van der Waals surface area contributed by atoms with Crippen molar-refractivity contribution in [1.29, 1.82) is 0 Å². The highest BCUT2D eigenvalue weighted by Gasteiger charge is 2.20. The number of aromatic nitrogens is 2. The Morgan fingerprint density at radius 2 is 2.40 bits per heavy atom. The molecule has 0 saturated carbocycles. The molecule has 1 N–H and O–H groups in total. The number of hydrogen-bond donors (Lipinski definition) is 1. The number of fused-ring (bicyclic) bond motifs is 1. The fraction of sp³-hybridized carbons (Fsp3) is 0.333. The van der Waals surface area contributed by atoms with Gasteiger partial charge in [0.1, 0.15) is 11.5 Å². The number of aryl methyl sites for hydroxylation is 1. The number of nitrogens with zero attached hydrogens (tertiary/aromatic N) is 2. The van der Waals surface area contributed by atoms with Crippen LogP contribution < -0.4 is 5.32 Å². The fourth-order valence-corrected chi connectivity index (χ4v) is 3.05. The molecule has 0 fully saturated rings. The largest absolute Gasteiger partial charge is 0.324 e. The molecule has 0 unspecified atom stereocenters. The van der Waals surface area contributed by atoms with Crippen molar-refractivity contribution in [2.75, 3.05) is 11.6 Å². The van der Waals surface area contributed by atoms with Gasteiger partial charge in [-0.05, 0) is 30.4 Å². The standard InChI is InChI=1S/C15H17N3OS/c1-20-10-11-4-2-5-12(8-11)17-15(19)13-9-16-14-6-3-7-18(13)14/h2,4-5,8-9H,3,6-7,10H2,1H3,(H,17,19). The Kier molecular flexibility index (Phi) is 3.78. The highest BCUT2D eigenvalue weighted by atomic mass is 32.2. The lowest BCUT2D eigenvalue weighted by Crippen LogP contribution is -2.16. The molecule has 2 aromatic rings. The third-order valence-electron chi connectivity index (χ3n) is 3.45. The molecule has 1 aliphatic rings. The number of rotatable bonds is 4. The lowest BCUT2D eigenvalue weighted by molar-refractivity contribution is 0.101. The molecule has 0 radical (unpaired) electrons. The molecule has 0 saturated heterocycles. The highest BCUT2D eigenvalue weighted by Crippen LogP contribution is 2.19. The SMILES string of the molecule is CSCc1cccc(NC(=O)c2cnc3n2CCC3)c1. The predicted octanol–water partition coefficient (Wildman–Crippen LogP) is 2.94. The third kappa shape index (κ3) is 2.58. The fourth-order valence-electron chi connectivity index (χ4n) is 2.54. The average molecular weight is 287 g/mol. The van der Waals surface area contributed by atoms with E-state index >= 15 is 0 Å². The Hall–Kier alpha value is -1.75. The first-order chi connectivity index (χ1) is 9.78. The normalized spacial score (nSPS) is 13.2. The van der Waals surface area contributed by atoms with Crippen LogP contribution >= 0.6 is 11.8 Å². The number of thioether (sulfide) groups is 1. The van der Waals surface area contributed by atoms with Crippen molar-refractivity contribution in [3.63, 3.8) is 0 Å². The summed E-state index contributed by atoms with van der Waals surface area (Å²) in [4.78, 5) is 16.6. The van der Waals surface area contributed by atoms with E-state index < -0.39 is 0 Å². The second-order valence-corrected chi connectivity index (χ2v) is 5.77. The Balaban J connectivity index is 1.77. The first kappa shape index (κ1) is 13.2. The van der Waals surface area contributed by atoms with Gasteiger partial charge in [-0.3, -0.25) is 4.79 Å². The maximum atomic E-state index is 12.3. The lowest BCUT2D eigenvalue weighted by atomic mass is 10.2. The highest BCUT2D eigenvalue weighted by molar-refractivity contribution is 7.97. The molecule has 0 aliphatic carbocycles. The number of carbonyl (C=O) groups excluding carboxylic acids is 1. The van der Waals surface area contributed by atoms with Crippen LogP contribution in [0.5, 0.6) is 0 Å². The Bertz CT molecular complexity index is 636. The summed E-state index contributed by atoms with van der Waals surface area (Å²) >= 11 is 1.77. The molecule has 4 nitrogen and oxygen atoms in total. The minimum absolute atomic E-state index is 0.0769. The van der Waals surface area contributed by atoms with Gasteiger partial charge < -0.3 is 9.88 Å². The van der Waals surface area contributed by atoms with E-state index in [0.29, 0.717) is 5.69 Å². The van der Waals surface area contributed by atoms with E-state index in [0.717, 1.165) is 36.7 Å². The second kappa shape index (κ2) is 5.71. The number of hydrogen-bond acceptors (Lipinski definition) is 3. The smallest absolute Gasteiger partial charge is 0.273 e.